The molecule has 2 aliphatic heterocycles. The third-order valence-electron chi connectivity index (χ3n) is 4.65. The maximum atomic E-state index is 13.2. The standard InChI is InChI=1S/C15H22F2N4O2/c16-15(17)3-7-19(8-4-15)11-14(23)2-9-20(12-14)13(22)10-21-6-1-5-18-21/h1,5-6,23H,2-4,7-12H2. The summed E-state index contributed by atoms with van der Waals surface area (Å²) in [5, 5.41) is 14.7. The van der Waals surface area contributed by atoms with Crippen LogP contribution < -0.4 is 0 Å². The Hall–Kier alpha value is -1.54. The Morgan fingerprint density at radius 1 is 1.22 bits per heavy atom. The van der Waals surface area contributed by atoms with Crippen molar-refractivity contribution in [1.82, 2.24) is 19.6 Å². The Bertz CT molecular complexity index is 542. The molecule has 6 nitrogen and oxygen atoms in total. The van der Waals surface area contributed by atoms with Crippen LogP contribution in [-0.4, -0.2) is 74.8 Å². The highest BCUT2D eigenvalue weighted by Gasteiger charge is 2.42. The molecule has 1 amide bonds. The SMILES string of the molecule is O=C(Cn1cccn1)N1CCC(O)(CN2CCC(F)(F)CC2)C1. The molecule has 8 heteroatoms. The molecule has 0 aliphatic carbocycles. The van der Waals surface area contributed by atoms with Gasteiger partial charge in [-0.05, 0) is 12.5 Å². The summed E-state index contributed by atoms with van der Waals surface area (Å²) in [6, 6.07) is 1.75. The lowest BCUT2D eigenvalue weighted by atomic mass is 10.00. The van der Waals surface area contributed by atoms with E-state index in [0.717, 1.165) is 0 Å². The molecular weight excluding hydrogens is 306 g/mol. The first-order chi connectivity index (χ1) is 10.9. The number of carbonyl (C=O) groups is 1. The van der Waals surface area contributed by atoms with Gasteiger partial charge < -0.3 is 10.0 Å². The fraction of sp³-hybridized carbons (Fsp3) is 0.733. The van der Waals surface area contributed by atoms with E-state index >= 15 is 0 Å². The molecule has 2 aliphatic rings. The second-order valence-corrected chi connectivity index (χ2v) is 6.63. The summed E-state index contributed by atoms with van der Waals surface area (Å²) < 4.78 is 27.9. The number of aromatic nitrogens is 2. The van der Waals surface area contributed by atoms with E-state index in [-0.39, 0.29) is 44.9 Å². The first-order valence-corrected chi connectivity index (χ1v) is 7.93. The van der Waals surface area contributed by atoms with Crippen LogP contribution in [-0.2, 0) is 11.3 Å². The predicted octanol–water partition coefficient (Wildman–Crippen LogP) is 0.578. The third kappa shape index (κ3) is 4.06. The monoisotopic (exact) mass is 328 g/mol. The summed E-state index contributed by atoms with van der Waals surface area (Å²) in [5.74, 6) is -2.67. The number of aliphatic hydroxyl groups is 1. The number of β-amino-alcohol motifs (C(OH)–C–C–N with tert-alkyl or cyclic N) is 1. The average molecular weight is 328 g/mol. The van der Waals surface area contributed by atoms with E-state index in [1.54, 1.807) is 28.0 Å². The molecule has 1 unspecified atom stereocenters. The Kier molecular flexibility index (Phi) is 4.37. The molecular formula is C15H22F2N4O2. The lowest BCUT2D eigenvalue weighted by Crippen LogP contribution is -2.49. The van der Waals surface area contributed by atoms with Crippen molar-refractivity contribution in [3.8, 4) is 0 Å². The van der Waals surface area contributed by atoms with Gasteiger partial charge in [-0.15, -0.1) is 0 Å². The highest BCUT2D eigenvalue weighted by Crippen LogP contribution is 2.30. The second-order valence-electron chi connectivity index (χ2n) is 6.63. The van der Waals surface area contributed by atoms with Crippen molar-refractivity contribution in [3.63, 3.8) is 0 Å². The molecule has 23 heavy (non-hydrogen) atoms. The van der Waals surface area contributed by atoms with Crippen molar-refractivity contribution in [1.29, 1.82) is 0 Å². The highest BCUT2D eigenvalue weighted by molar-refractivity contribution is 5.76. The van der Waals surface area contributed by atoms with Crippen molar-refractivity contribution >= 4 is 5.91 Å². The maximum Gasteiger partial charge on any atom is 0.250 e. The van der Waals surface area contributed by atoms with Gasteiger partial charge in [-0.1, -0.05) is 0 Å². The van der Waals surface area contributed by atoms with Crippen molar-refractivity contribution in [2.45, 2.75) is 37.3 Å². The fourth-order valence-electron chi connectivity index (χ4n) is 3.29. The van der Waals surface area contributed by atoms with E-state index in [1.165, 1.54) is 0 Å². The number of carbonyl (C=O) groups excluding carboxylic acids is 1. The van der Waals surface area contributed by atoms with E-state index in [9.17, 15) is 18.7 Å². The van der Waals surface area contributed by atoms with E-state index < -0.39 is 11.5 Å². The van der Waals surface area contributed by atoms with Gasteiger partial charge in [-0.3, -0.25) is 14.4 Å². The van der Waals surface area contributed by atoms with E-state index in [2.05, 4.69) is 5.10 Å². The lowest BCUT2D eigenvalue weighted by Gasteiger charge is -2.36. The predicted molar refractivity (Wildman–Crippen MR) is 79.0 cm³/mol. The number of likely N-dealkylation sites (tertiary alicyclic amines) is 2. The summed E-state index contributed by atoms with van der Waals surface area (Å²) in [7, 11) is 0. The Morgan fingerprint density at radius 3 is 2.61 bits per heavy atom. The van der Waals surface area contributed by atoms with Crippen LogP contribution in [0.3, 0.4) is 0 Å². The first-order valence-electron chi connectivity index (χ1n) is 7.93. The normalized spacial score (nSPS) is 28.2. The number of piperidine rings is 1. The van der Waals surface area contributed by atoms with Gasteiger partial charge in [-0.25, -0.2) is 8.78 Å². The van der Waals surface area contributed by atoms with Gasteiger partial charge in [0.25, 0.3) is 5.92 Å². The zero-order valence-electron chi connectivity index (χ0n) is 13.0. The Balaban J connectivity index is 1.50. The quantitative estimate of drug-likeness (QED) is 0.878. The molecule has 1 atom stereocenters. The van der Waals surface area contributed by atoms with Crippen LogP contribution in [0.25, 0.3) is 0 Å². The number of hydrogen-bond donors (Lipinski definition) is 1. The van der Waals surface area contributed by atoms with Crippen LogP contribution in [0.5, 0.6) is 0 Å². The molecule has 0 saturated carbocycles. The maximum absolute atomic E-state index is 13.2. The molecule has 0 radical (unpaired) electrons. The number of hydrogen-bond acceptors (Lipinski definition) is 4. The minimum Gasteiger partial charge on any atom is -0.387 e. The van der Waals surface area contributed by atoms with Crippen LogP contribution in [0.2, 0.25) is 0 Å². The molecule has 3 rings (SSSR count). The molecule has 1 aromatic rings. The molecule has 2 saturated heterocycles. The summed E-state index contributed by atoms with van der Waals surface area (Å²) >= 11 is 0. The van der Waals surface area contributed by atoms with Gasteiger partial charge in [0.1, 0.15) is 6.54 Å². The molecule has 0 spiro atoms. The summed E-state index contributed by atoms with van der Waals surface area (Å²) in [5.41, 5.74) is -1.01. The average Bonchev–Trinajstić information content (AvgIpc) is 3.11. The number of nitrogens with zero attached hydrogens (tertiary/aromatic N) is 4. The van der Waals surface area contributed by atoms with Gasteiger partial charge >= 0.3 is 0 Å². The molecule has 1 aromatic heterocycles. The van der Waals surface area contributed by atoms with E-state index in [1.807, 2.05) is 4.90 Å². The molecule has 3 heterocycles. The van der Waals surface area contributed by atoms with Gasteiger partial charge in [0, 0.05) is 51.4 Å². The molecule has 0 aromatic carbocycles. The van der Waals surface area contributed by atoms with Crippen LogP contribution in [0.15, 0.2) is 18.5 Å². The third-order valence-corrected chi connectivity index (χ3v) is 4.65. The summed E-state index contributed by atoms with van der Waals surface area (Å²) in [4.78, 5) is 15.7. The fourth-order valence-corrected chi connectivity index (χ4v) is 3.29. The molecule has 128 valence electrons. The smallest absolute Gasteiger partial charge is 0.250 e. The van der Waals surface area contributed by atoms with Crippen molar-refractivity contribution < 1.29 is 18.7 Å². The van der Waals surface area contributed by atoms with Gasteiger partial charge in [0.2, 0.25) is 5.91 Å². The second kappa shape index (κ2) is 6.16. The minimum absolute atomic E-state index is 0.0881. The van der Waals surface area contributed by atoms with E-state index in [0.29, 0.717) is 19.5 Å². The van der Waals surface area contributed by atoms with Crippen molar-refractivity contribution in [2.75, 3.05) is 32.7 Å². The van der Waals surface area contributed by atoms with E-state index in [4.69, 9.17) is 0 Å². The zero-order valence-corrected chi connectivity index (χ0v) is 13.0. The van der Waals surface area contributed by atoms with Crippen molar-refractivity contribution in [2.24, 2.45) is 0 Å². The summed E-state index contributed by atoms with van der Waals surface area (Å²) in [6.07, 6.45) is 3.48. The number of halogens is 2. The molecule has 2 fully saturated rings. The first kappa shape index (κ1) is 16.3. The number of rotatable bonds is 4. The van der Waals surface area contributed by atoms with Gasteiger partial charge in [0.05, 0.1) is 12.1 Å². The Morgan fingerprint density at radius 2 is 1.96 bits per heavy atom. The van der Waals surface area contributed by atoms with Crippen LogP contribution in [0.1, 0.15) is 19.3 Å². The Labute approximate surface area is 133 Å². The summed E-state index contributed by atoms with van der Waals surface area (Å²) in [6.45, 7) is 1.81. The highest BCUT2D eigenvalue weighted by atomic mass is 19.3. The van der Waals surface area contributed by atoms with Crippen LogP contribution in [0.4, 0.5) is 8.78 Å². The minimum atomic E-state index is -2.58. The van der Waals surface area contributed by atoms with Crippen LogP contribution in [0, 0.1) is 0 Å². The molecule has 1 N–H and O–H groups in total. The molecule has 0 bridgehead atoms. The largest absolute Gasteiger partial charge is 0.387 e. The number of amides is 1. The van der Waals surface area contributed by atoms with Crippen LogP contribution >= 0.6 is 0 Å². The van der Waals surface area contributed by atoms with Crippen molar-refractivity contribution in [3.05, 3.63) is 18.5 Å². The lowest BCUT2D eigenvalue weighted by molar-refractivity contribution is -0.132. The number of alkyl halides is 2. The van der Waals surface area contributed by atoms with Gasteiger partial charge in [-0.2, -0.15) is 5.10 Å². The van der Waals surface area contributed by atoms with Gasteiger partial charge in [0.15, 0.2) is 0 Å². The zero-order chi connectivity index (χ0) is 16.5. The topological polar surface area (TPSA) is 61.6 Å².